The molecule has 0 atom stereocenters. The highest BCUT2D eigenvalue weighted by molar-refractivity contribution is 5.98. The number of aromatic nitrogens is 4. The SMILES string of the molecule is CC(C)(C#N)CC(=O)c1cc(-c2ccc(F)cc2)cc(-n2nnnc2C(C)(C)C)c1. The van der Waals surface area contributed by atoms with E-state index in [0.29, 0.717) is 17.1 Å². The number of benzene rings is 2. The first-order chi connectivity index (χ1) is 14.0. The number of tetrazole rings is 1. The number of ketones is 1. The molecule has 0 radical (unpaired) electrons. The molecule has 0 aliphatic rings. The Morgan fingerprint density at radius 2 is 1.73 bits per heavy atom. The standard InChI is InChI=1S/C23H24FN5O/c1-22(2,3)21-26-27-28-29(21)19-11-16(15-6-8-18(24)9-7-15)10-17(12-19)20(30)13-23(4,5)14-25/h6-12H,13H2,1-5H3. The smallest absolute Gasteiger partial charge is 0.164 e. The molecule has 0 N–H and O–H groups in total. The maximum Gasteiger partial charge on any atom is 0.164 e. The number of rotatable bonds is 5. The average molecular weight is 405 g/mol. The number of nitrogens with zero attached hydrogens (tertiary/aromatic N) is 5. The van der Waals surface area contributed by atoms with Gasteiger partial charge in [-0.25, -0.2) is 4.39 Å². The number of Topliss-reactive ketones (excluding diaryl/α,β-unsaturated/α-hetero) is 1. The van der Waals surface area contributed by atoms with Gasteiger partial charge in [0.2, 0.25) is 0 Å². The van der Waals surface area contributed by atoms with Gasteiger partial charge in [0.15, 0.2) is 11.6 Å². The monoisotopic (exact) mass is 405 g/mol. The second kappa shape index (κ2) is 7.79. The molecule has 0 unspecified atom stereocenters. The summed E-state index contributed by atoms with van der Waals surface area (Å²) in [6, 6.07) is 13.6. The van der Waals surface area contributed by atoms with Crippen LogP contribution in [0.3, 0.4) is 0 Å². The molecule has 0 bridgehead atoms. The highest BCUT2D eigenvalue weighted by atomic mass is 19.1. The van der Waals surface area contributed by atoms with Crippen LogP contribution in [0.5, 0.6) is 0 Å². The van der Waals surface area contributed by atoms with E-state index < -0.39 is 5.41 Å². The molecule has 1 aromatic heterocycles. The predicted molar refractivity (Wildman–Crippen MR) is 112 cm³/mol. The molecule has 0 saturated carbocycles. The third kappa shape index (κ3) is 4.60. The highest BCUT2D eigenvalue weighted by Crippen LogP contribution is 2.29. The molecule has 0 saturated heterocycles. The molecule has 154 valence electrons. The number of nitriles is 1. The Morgan fingerprint density at radius 1 is 1.07 bits per heavy atom. The van der Waals surface area contributed by atoms with Gasteiger partial charge in [0, 0.05) is 17.4 Å². The van der Waals surface area contributed by atoms with Crippen molar-refractivity contribution in [2.75, 3.05) is 0 Å². The van der Waals surface area contributed by atoms with Gasteiger partial charge in [-0.05, 0) is 65.7 Å². The van der Waals surface area contributed by atoms with Crippen molar-refractivity contribution in [3.63, 3.8) is 0 Å². The van der Waals surface area contributed by atoms with Crippen molar-refractivity contribution in [1.29, 1.82) is 5.26 Å². The van der Waals surface area contributed by atoms with Crippen molar-refractivity contribution in [3.05, 3.63) is 59.7 Å². The molecule has 3 rings (SSSR count). The van der Waals surface area contributed by atoms with Crippen LogP contribution in [0.25, 0.3) is 16.8 Å². The van der Waals surface area contributed by atoms with Gasteiger partial charge in [0.05, 0.1) is 17.2 Å². The maximum atomic E-state index is 13.4. The summed E-state index contributed by atoms with van der Waals surface area (Å²) in [6.07, 6.45) is 0.0809. The van der Waals surface area contributed by atoms with Crippen LogP contribution in [0, 0.1) is 22.6 Å². The summed E-state index contributed by atoms with van der Waals surface area (Å²) in [5, 5.41) is 21.4. The van der Waals surface area contributed by atoms with E-state index in [4.69, 9.17) is 0 Å². The quantitative estimate of drug-likeness (QED) is 0.564. The molecule has 6 nitrogen and oxygen atoms in total. The van der Waals surface area contributed by atoms with Gasteiger partial charge in [-0.15, -0.1) is 5.10 Å². The van der Waals surface area contributed by atoms with E-state index in [-0.39, 0.29) is 23.4 Å². The molecule has 7 heteroatoms. The topological polar surface area (TPSA) is 84.5 Å². The Labute approximate surface area is 175 Å². The van der Waals surface area contributed by atoms with Crippen LogP contribution in [0.2, 0.25) is 0 Å². The van der Waals surface area contributed by atoms with Gasteiger partial charge in [-0.3, -0.25) is 4.79 Å². The third-order valence-electron chi connectivity index (χ3n) is 4.71. The summed E-state index contributed by atoms with van der Waals surface area (Å²) in [6.45, 7) is 9.46. The van der Waals surface area contributed by atoms with E-state index in [1.165, 1.54) is 12.1 Å². The molecule has 30 heavy (non-hydrogen) atoms. The predicted octanol–water partition coefficient (Wildman–Crippen LogP) is 4.89. The minimum Gasteiger partial charge on any atom is -0.294 e. The van der Waals surface area contributed by atoms with Gasteiger partial charge < -0.3 is 0 Å². The van der Waals surface area contributed by atoms with Crippen LogP contribution in [0.4, 0.5) is 4.39 Å². The van der Waals surface area contributed by atoms with Gasteiger partial charge in [0.1, 0.15) is 5.82 Å². The minimum absolute atomic E-state index is 0.0809. The zero-order valence-electron chi connectivity index (χ0n) is 17.8. The molecular weight excluding hydrogens is 381 g/mol. The lowest BCUT2D eigenvalue weighted by molar-refractivity contribution is 0.0952. The van der Waals surface area contributed by atoms with E-state index in [0.717, 1.165) is 11.1 Å². The normalized spacial score (nSPS) is 11.9. The molecule has 0 spiro atoms. The first-order valence-corrected chi connectivity index (χ1v) is 9.65. The van der Waals surface area contributed by atoms with Gasteiger partial charge in [0.25, 0.3) is 0 Å². The number of carbonyl (C=O) groups excluding carboxylic acids is 1. The molecule has 0 amide bonds. The van der Waals surface area contributed by atoms with E-state index in [1.807, 2.05) is 26.8 Å². The summed E-state index contributed by atoms with van der Waals surface area (Å²) >= 11 is 0. The number of carbonyl (C=O) groups is 1. The lowest BCUT2D eigenvalue weighted by Crippen LogP contribution is -2.19. The van der Waals surface area contributed by atoms with E-state index >= 15 is 0 Å². The summed E-state index contributed by atoms with van der Waals surface area (Å²) in [5.41, 5.74) is 1.48. The molecular formula is C23H24FN5O. The van der Waals surface area contributed by atoms with Crippen LogP contribution in [-0.4, -0.2) is 26.0 Å². The Balaban J connectivity index is 2.17. The molecule has 0 fully saturated rings. The first-order valence-electron chi connectivity index (χ1n) is 9.65. The van der Waals surface area contributed by atoms with Crippen LogP contribution in [0.15, 0.2) is 42.5 Å². The fraction of sp³-hybridized carbons (Fsp3) is 0.348. The van der Waals surface area contributed by atoms with Gasteiger partial charge in [-0.1, -0.05) is 32.9 Å². The lowest BCUT2D eigenvalue weighted by atomic mass is 9.86. The zero-order valence-corrected chi connectivity index (χ0v) is 17.8. The largest absolute Gasteiger partial charge is 0.294 e. The fourth-order valence-electron chi connectivity index (χ4n) is 3.08. The van der Waals surface area contributed by atoms with Crippen molar-refractivity contribution >= 4 is 5.78 Å². The summed E-state index contributed by atoms with van der Waals surface area (Å²) in [5.74, 6) is 0.157. The van der Waals surface area contributed by atoms with Gasteiger partial charge in [-0.2, -0.15) is 9.94 Å². The first kappa shape index (κ1) is 21.3. The average Bonchev–Trinajstić information content (AvgIpc) is 3.18. The second-order valence-electron chi connectivity index (χ2n) is 9.04. The fourth-order valence-corrected chi connectivity index (χ4v) is 3.08. The van der Waals surface area contributed by atoms with E-state index in [1.54, 1.807) is 42.8 Å². The summed E-state index contributed by atoms with van der Waals surface area (Å²) in [7, 11) is 0. The number of hydrogen-bond acceptors (Lipinski definition) is 5. The van der Waals surface area contributed by atoms with Gasteiger partial charge >= 0.3 is 0 Å². The minimum atomic E-state index is -0.783. The Kier molecular flexibility index (Phi) is 5.53. The van der Waals surface area contributed by atoms with Crippen molar-refractivity contribution < 1.29 is 9.18 Å². The Morgan fingerprint density at radius 3 is 2.33 bits per heavy atom. The summed E-state index contributed by atoms with van der Waals surface area (Å²) < 4.78 is 15.0. The maximum absolute atomic E-state index is 13.4. The molecule has 1 heterocycles. The Hall–Kier alpha value is -3.40. The number of hydrogen-bond donors (Lipinski definition) is 0. The molecule has 2 aromatic carbocycles. The molecule has 3 aromatic rings. The van der Waals surface area contributed by atoms with Crippen LogP contribution in [0.1, 0.15) is 57.2 Å². The van der Waals surface area contributed by atoms with Crippen molar-refractivity contribution in [2.24, 2.45) is 5.41 Å². The van der Waals surface area contributed by atoms with Crippen molar-refractivity contribution in [3.8, 4) is 22.9 Å². The van der Waals surface area contributed by atoms with Crippen LogP contribution >= 0.6 is 0 Å². The van der Waals surface area contributed by atoms with Crippen molar-refractivity contribution in [1.82, 2.24) is 20.2 Å². The lowest BCUT2D eigenvalue weighted by Gasteiger charge is -2.19. The Bertz CT molecular complexity index is 1120. The molecule has 0 aliphatic heterocycles. The van der Waals surface area contributed by atoms with E-state index in [2.05, 4.69) is 21.6 Å². The number of halogens is 1. The highest BCUT2D eigenvalue weighted by Gasteiger charge is 2.25. The van der Waals surface area contributed by atoms with Crippen molar-refractivity contribution in [2.45, 2.75) is 46.5 Å². The van der Waals surface area contributed by atoms with E-state index in [9.17, 15) is 14.4 Å². The molecule has 0 aliphatic carbocycles. The third-order valence-corrected chi connectivity index (χ3v) is 4.71. The van der Waals surface area contributed by atoms with Crippen LogP contribution < -0.4 is 0 Å². The zero-order chi connectivity index (χ0) is 22.1. The summed E-state index contributed by atoms with van der Waals surface area (Å²) in [4.78, 5) is 13.0. The second-order valence-corrected chi connectivity index (χ2v) is 9.04. The van der Waals surface area contributed by atoms with Crippen LogP contribution in [-0.2, 0) is 5.41 Å².